The summed E-state index contributed by atoms with van der Waals surface area (Å²) < 4.78 is 0. The molecule has 0 aliphatic carbocycles. The molecule has 424 valence electrons. The zero-order chi connectivity index (χ0) is 51.0. The lowest BCUT2D eigenvalue weighted by molar-refractivity contribution is 0.204. The van der Waals surface area contributed by atoms with Gasteiger partial charge in [0.05, 0.1) is 0 Å². The van der Waals surface area contributed by atoms with Gasteiger partial charge in [-0.3, -0.25) is 0 Å². The van der Waals surface area contributed by atoms with E-state index in [4.69, 9.17) is 0 Å². The van der Waals surface area contributed by atoms with Gasteiger partial charge in [-0.2, -0.15) is 0 Å². The first-order chi connectivity index (χ1) is 34.7. The summed E-state index contributed by atoms with van der Waals surface area (Å²) >= 11 is 0. The average molecular weight is 990 g/mol. The molecule has 0 aromatic rings. The van der Waals surface area contributed by atoms with Gasteiger partial charge in [-0.1, -0.05) is 387 Å². The molecule has 0 saturated heterocycles. The van der Waals surface area contributed by atoms with Gasteiger partial charge in [-0.05, 0) is 37.5 Å². The average Bonchev–Trinajstić information content (AvgIpc) is 3.37. The molecule has 2 N–H and O–H groups in total. The van der Waals surface area contributed by atoms with Crippen LogP contribution < -0.4 is 0 Å². The number of aliphatic hydroxyl groups is 2. The topological polar surface area (TPSA) is 40.5 Å². The monoisotopic (exact) mass is 989 g/mol. The van der Waals surface area contributed by atoms with Crippen molar-refractivity contribution in [2.75, 3.05) is 13.2 Å². The summed E-state index contributed by atoms with van der Waals surface area (Å²) in [4.78, 5) is 0. The van der Waals surface area contributed by atoms with E-state index < -0.39 is 0 Å². The molecule has 0 aliphatic rings. The zero-order valence-corrected chi connectivity index (χ0v) is 49.9. The van der Waals surface area contributed by atoms with Crippen molar-refractivity contribution in [1.29, 1.82) is 0 Å². The third kappa shape index (κ3) is 65.9. The van der Waals surface area contributed by atoms with E-state index in [9.17, 15) is 10.2 Å². The summed E-state index contributed by atoms with van der Waals surface area (Å²) in [5, 5.41) is 19.5. The van der Waals surface area contributed by atoms with Crippen molar-refractivity contribution in [1.82, 2.24) is 0 Å². The Morgan fingerprint density at radius 1 is 0.157 bits per heavy atom. The predicted octanol–water partition coefficient (Wildman–Crippen LogP) is 24.7. The van der Waals surface area contributed by atoms with Crippen molar-refractivity contribution in [3.63, 3.8) is 0 Å². The van der Waals surface area contributed by atoms with Gasteiger partial charge in [-0.25, -0.2) is 0 Å². The van der Waals surface area contributed by atoms with E-state index in [1.165, 1.54) is 385 Å². The smallest absolute Gasteiger partial charge is 0.0459 e. The van der Waals surface area contributed by atoms with Gasteiger partial charge in [-0.15, -0.1) is 0 Å². The molecule has 0 aliphatic heterocycles. The lowest BCUT2D eigenvalue weighted by Crippen LogP contribution is -2.06. The van der Waals surface area contributed by atoms with Crippen molar-refractivity contribution in [2.24, 2.45) is 11.8 Å². The lowest BCUT2D eigenvalue weighted by atomic mass is 9.94. The number of hydrogen-bond acceptors (Lipinski definition) is 2. The predicted molar refractivity (Wildman–Crippen MR) is 321 cm³/mol. The molecule has 0 aromatic heterocycles. The first-order valence-corrected chi connectivity index (χ1v) is 33.9. The van der Waals surface area contributed by atoms with Crippen LogP contribution in [0.3, 0.4) is 0 Å². The summed E-state index contributed by atoms with van der Waals surface area (Å²) in [6.45, 7) is 10.0. The quantitative estimate of drug-likeness (QED) is 0.0596. The maximum absolute atomic E-state index is 9.73. The van der Waals surface area contributed by atoms with E-state index in [0.717, 1.165) is 0 Å². The van der Waals surface area contributed by atoms with Crippen LogP contribution in [0.25, 0.3) is 0 Å². The van der Waals surface area contributed by atoms with Crippen LogP contribution in [0.4, 0.5) is 0 Å². The van der Waals surface area contributed by atoms with Gasteiger partial charge in [0.15, 0.2) is 0 Å². The molecular weight excluding hydrogens is 849 g/mol. The fourth-order valence-corrected chi connectivity index (χ4v) is 11.2. The molecule has 2 nitrogen and oxygen atoms in total. The Labute approximate surface area is 446 Å². The zero-order valence-electron chi connectivity index (χ0n) is 49.9. The maximum atomic E-state index is 9.73. The molecule has 2 heteroatoms. The van der Waals surface area contributed by atoms with Crippen LogP contribution in [-0.4, -0.2) is 23.4 Å². The van der Waals surface area contributed by atoms with Crippen LogP contribution in [0.15, 0.2) is 0 Å². The van der Waals surface area contributed by atoms with Crippen molar-refractivity contribution in [2.45, 2.75) is 413 Å². The lowest BCUT2D eigenvalue weighted by Gasteiger charge is -2.13. The summed E-state index contributed by atoms with van der Waals surface area (Å²) in [6, 6.07) is 0. The van der Waals surface area contributed by atoms with Crippen LogP contribution in [0.1, 0.15) is 413 Å². The number of unbranched alkanes of at least 4 members (excludes halogenated alkanes) is 52. The SMILES string of the molecule is CCCCCCCCCCCCCCCCC(CO)CCCCCCCCCCCCCCCC.CCCCCCCCCCCCCCCCC(CO)CCCCCCCCCCCCCCCC. The Morgan fingerprint density at radius 2 is 0.257 bits per heavy atom. The molecule has 0 rings (SSSR count). The summed E-state index contributed by atoms with van der Waals surface area (Å²) in [5.41, 5.74) is 0. The fourth-order valence-electron chi connectivity index (χ4n) is 11.2. The van der Waals surface area contributed by atoms with Crippen LogP contribution >= 0.6 is 0 Å². The van der Waals surface area contributed by atoms with Gasteiger partial charge >= 0.3 is 0 Å². The molecule has 0 spiro atoms. The normalized spacial score (nSPS) is 11.7. The van der Waals surface area contributed by atoms with Crippen LogP contribution in [0, 0.1) is 11.8 Å². The Bertz CT molecular complexity index is 709. The number of rotatable bonds is 62. The molecule has 0 unspecified atom stereocenters. The molecule has 0 fully saturated rings. The minimum absolute atomic E-state index is 0.414. The van der Waals surface area contributed by atoms with Crippen molar-refractivity contribution < 1.29 is 10.2 Å². The maximum Gasteiger partial charge on any atom is 0.0459 e. The van der Waals surface area contributed by atoms with Crippen LogP contribution in [0.5, 0.6) is 0 Å². The third-order valence-corrected chi connectivity index (χ3v) is 16.4. The van der Waals surface area contributed by atoms with Crippen molar-refractivity contribution >= 4 is 0 Å². The highest BCUT2D eigenvalue weighted by Gasteiger charge is 2.09. The summed E-state index contributed by atoms with van der Waals surface area (Å²) in [6.07, 6.45) is 85.0. The Morgan fingerprint density at radius 3 is 0.357 bits per heavy atom. The Kier molecular flexibility index (Phi) is 70.9. The standard InChI is InChI=1S/2C34H70O/c2*1-3-5-7-9-11-13-15-17-19-21-23-25-27-29-31-34(33-35)32-30-28-26-24-22-20-18-16-14-12-10-8-6-4-2/h2*34-35H,3-33H2,1-2H3. The highest BCUT2D eigenvalue weighted by molar-refractivity contribution is 4.62. The Hall–Kier alpha value is -0.0800. The van der Waals surface area contributed by atoms with E-state index >= 15 is 0 Å². The highest BCUT2D eigenvalue weighted by atomic mass is 16.3. The minimum Gasteiger partial charge on any atom is -0.396 e. The molecule has 0 amide bonds. The molecule has 70 heavy (non-hydrogen) atoms. The largest absolute Gasteiger partial charge is 0.396 e. The summed E-state index contributed by atoms with van der Waals surface area (Å²) in [7, 11) is 0. The fraction of sp³-hybridized carbons (Fsp3) is 1.00. The molecule has 0 heterocycles. The third-order valence-electron chi connectivity index (χ3n) is 16.4. The Balaban J connectivity index is 0. The number of aliphatic hydroxyl groups excluding tert-OH is 2. The molecule has 0 saturated carbocycles. The molecule has 0 bridgehead atoms. The van der Waals surface area contributed by atoms with E-state index in [1.807, 2.05) is 0 Å². The highest BCUT2D eigenvalue weighted by Crippen LogP contribution is 2.22. The van der Waals surface area contributed by atoms with E-state index in [0.29, 0.717) is 25.0 Å². The first kappa shape index (κ1) is 72.0. The van der Waals surface area contributed by atoms with Crippen LogP contribution in [0.2, 0.25) is 0 Å². The van der Waals surface area contributed by atoms with Gasteiger partial charge in [0.1, 0.15) is 0 Å². The van der Waals surface area contributed by atoms with E-state index in [1.54, 1.807) is 0 Å². The van der Waals surface area contributed by atoms with Gasteiger partial charge in [0, 0.05) is 13.2 Å². The summed E-state index contributed by atoms with van der Waals surface area (Å²) in [5.74, 6) is 1.15. The number of hydrogen-bond donors (Lipinski definition) is 2. The molecular formula is C68H140O2. The van der Waals surface area contributed by atoms with Crippen molar-refractivity contribution in [3.05, 3.63) is 0 Å². The first-order valence-electron chi connectivity index (χ1n) is 33.9. The van der Waals surface area contributed by atoms with E-state index in [2.05, 4.69) is 27.7 Å². The van der Waals surface area contributed by atoms with Gasteiger partial charge in [0.2, 0.25) is 0 Å². The minimum atomic E-state index is 0.414. The van der Waals surface area contributed by atoms with Gasteiger partial charge in [0.25, 0.3) is 0 Å². The second kappa shape index (κ2) is 68.9. The van der Waals surface area contributed by atoms with Crippen LogP contribution in [-0.2, 0) is 0 Å². The molecule has 0 radical (unpaired) electrons. The molecule has 0 atom stereocenters. The van der Waals surface area contributed by atoms with Gasteiger partial charge < -0.3 is 10.2 Å². The van der Waals surface area contributed by atoms with Crippen molar-refractivity contribution in [3.8, 4) is 0 Å². The second-order valence-electron chi connectivity index (χ2n) is 23.6. The van der Waals surface area contributed by atoms with E-state index in [-0.39, 0.29) is 0 Å². The second-order valence-corrected chi connectivity index (χ2v) is 23.6. The molecule has 0 aromatic carbocycles.